The molecule has 0 saturated heterocycles. The van der Waals surface area contributed by atoms with E-state index in [1.165, 1.54) is 35.0 Å². The molecule has 0 atom stereocenters. The van der Waals surface area contributed by atoms with Crippen LogP contribution in [0.1, 0.15) is 23.3 Å². The van der Waals surface area contributed by atoms with Crippen LogP contribution in [0.25, 0.3) is 10.3 Å². The molecule has 0 fully saturated rings. The number of hydrogen-bond donors (Lipinski definition) is 1. The molecule has 0 radical (unpaired) electrons. The molecule has 84 valence electrons. The molecule has 2 aromatic rings. The molecule has 2 aromatic heterocycles. The Balaban J connectivity index is 2.32. The summed E-state index contributed by atoms with van der Waals surface area (Å²) in [6.07, 6.45) is 6.66. The first-order valence-electron chi connectivity index (χ1n) is 5.38. The highest BCUT2D eigenvalue weighted by molar-refractivity contribution is 7.98. The lowest BCUT2D eigenvalue weighted by Gasteiger charge is -2.09. The van der Waals surface area contributed by atoms with Gasteiger partial charge in [0.25, 0.3) is 5.56 Å². The molecule has 0 aromatic carbocycles. The van der Waals surface area contributed by atoms with Crippen LogP contribution in [-0.2, 0) is 12.8 Å². The molecule has 0 bridgehead atoms. The topological polar surface area (TPSA) is 45.8 Å². The molecule has 5 heteroatoms. The molecule has 1 N–H and O–H groups in total. The van der Waals surface area contributed by atoms with Gasteiger partial charge < -0.3 is 4.98 Å². The Hall–Kier alpha value is -0.810. The highest BCUT2D eigenvalue weighted by atomic mass is 32.2. The third kappa shape index (κ3) is 1.50. The number of aryl methyl sites for hydroxylation is 2. The summed E-state index contributed by atoms with van der Waals surface area (Å²) in [7, 11) is 0. The van der Waals surface area contributed by atoms with Crippen LogP contribution < -0.4 is 5.56 Å². The molecule has 0 saturated carbocycles. The van der Waals surface area contributed by atoms with Crippen molar-refractivity contribution >= 4 is 33.4 Å². The molecule has 1 aliphatic rings. The van der Waals surface area contributed by atoms with E-state index in [1.807, 2.05) is 6.26 Å². The van der Waals surface area contributed by atoms with E-state index in [2.05, 4.69) is 9.97 Å². The zero-order valence-electron chi connectivity index (χ0n) is 9.00. The lowest BCUT2D eigenvalue weighted by atomic mass is 9.99. The first-order chi connectivity index (χ1) is 7.79. The van der Waals surface area contributed by atoms with Crippen LogP contribution in [0.2, 0.25) is 0 Å². The summed E-state index contributed by atoms with van der Waals surface area (Å²) in [6.45, 7) is 0. The first kappa shape index (κ1) is 10.4. The maximum atomic E-state index is 11.6. The van der Waals surface area contributed by atoms with Gasteiger partial charge in [0.2, 0.25) is 0 Å². The quantitative estimate of drug-likeness (QED) is 0.793. The average Bonchev–Trinajstić information content (AvgIpc) is 2.65. The number of hydrogen-bond acceptors (Lipinski definition) is 4. The van der Waals surface area contributed by atoms with Crippen LogP contribution in [0.4, 0.5) is 0 Å². The highest BCUT2D eigenvalue weighted by Crippen LogP contribution is 2.34. The molecule has 0 aliphatic heterocycles. The normalized spacial score (nSPS) is 15.3. The Labute approximate surface area is 101 Å². The van der Waals surface area contributed by atoms with E-state index >= 15 is 0 Å². The van der Waals surface area contributed by atoms with Crippen molar-refractivity contribution in [3.8, 4) is 0 Å². The van der Waals surface area contributed by atoms with E-state index < -0.39 is 0 Å². The average molecular weight is 252 g/mol. The van der Waals surface area contributed by atoms with Gasteiger partial charge in [0, 0.05) is 4.88 Å². The minimum atomic E-state index is -0.0569. The van der Waals surface area contributed by atoms with E-state index in [-0.39, 0.29) is 5.56 Å². The second kappa shape index (κ2) is 3.89. The Bertz CT molecular complexity index is 600. The Morgan fingerprint density at radius 1 is 1.38 bits per heavy atom. The number of rotatable bonds is 1. The second-order valence-corrected chi connectivity index (χ2v) is 5.86. The summed E-state index contributed by atoms with van der Waals surface area (Å²) in [4.78, 5) is 21.5. The molecule has 0 amide bonds. The van der Waals surface area contributed by atoms with Gasteiger partial charge in [-0.15, -0.1) is 23.1 Å². The highest BCUT2D eigenvalue weighted by Gasteiger charge is 2.18. The Morgan fingerprint density at radius 3 is 3.00 bits per heavy atom. The summed E-state index contributed by atoms with van der Waals surface area (Å²) >= 11 is 3.12. The van der Waals surface area contributed by atoms with Crippen LogP contribution in [0.15, 0.2) is 9.82 Å². The van der Waals surface area contributed by atoms with Crippen molar-refractivity contribution in [3.63, 3.8) is 0 Å². The zero-order valence-corrected chi connectivity index (χ0v) is 10.6. The SMILES string of the molecule is CSc1nc2c3c(sc2[nH]c1=O)CCCC3. The minimum Gasteiger partial charge on any atom is -0.310 e. The molecular formula is C11H12N2OS2. The van der Waals surface area contributed by atoms with Crippen LogP contribution in [0.5, 0.6) is 0 Å². The van der Waals surface area contributed by atoms with Crippen molar-refractivity contribution in [2.45, 2.75) is 30.7 Å². The number of nitrogens with zero attached hydrogens (tertiary/aromatic N) is 1. The fraction of sp³-hybridized carbons (Fsp3) is 0.455. The summed E-state index contributed by atoms with van der Waals surface area (Å²) < 4.78 is 0. The molecular weight excluding hydrogens is 240 g/mol. The molecule has 0 unspecified atom stereocenters. The fourth-order valence-corrected chi connectivity index (χ4v) is 3.84. The minimum absolute atomic E-state index is 0.0569. The van der Waals surface area contributed by atoms with Crippen molar-refractivity contribution in [3.05, 3.63) is 20.8 Å². The van der Waals surface area contributed by atoms with E-state index in [4.69, 9.17) is 0 Å². The smallest absolute Gasteiger partial charge is 0.281 e. The van der Waals surface area contributed by atoms with E-state index in [0.717, 1.165) is 23.2 Å². The lowest BCUT2D eigenvalue weighted by molar-refractivity contribution is 0.699. The summed E-state index contributed by atoms with van der Waals surface area (Å²) in [5.41, 5.74) is 2.35. The van der Waals surface area contributed by atoms with Crippen LogP contribution in [0.3, 0.4) is 0 Å². The molecule has 3 nitrogen and oxygen atoms in total. The first-order valence-corrected chi connectivity index (χ1v) is 7.42. The maximum Gasteiger partial charge on any atom is 0.281 e. The van der Waals surface area contributed by atoms with Gasteiger partial charge in [0.05, 0.1) is 0 Å². The van der Waals surface area contributed by atoms with Gasteiger partial charge in [0.1, 0.15) is 10.3 Å². The number of H-pyrrole nitrogens is 1. The van der Waals surface area contributed by atoms with Crippen molar-refractivity contribution < 1.29 is 0 Å². The van der Waals surface area contributed by atoms with Gasteiger partial charge in [0.15, 0.2) is 5.03 Å². The maximum absolute atomic E-state index is 11.6. The van der Waals surface area contributed by atoms with Crippen molar-refractivity contribution in [2.24, 2.45) is 0 Å². The monoisotopic (exact) mass is 252 g/mol. The van der Waals surface area contributed by atoms with Gasteiger partial charge in [-0.3, -0.25) is 4.79 Å². The molecule has 16 heavy (non-hydrogen) atoms. The Morgan fingerprint density at radius 2 is 2.19 bits per heavy atom. The number of nitrogens with one attached hydrogen (secondary N) is 1. The van der Waals surface area contributed by atoms with Crippen LogP contribution >= 0.6 is 23.1 Å². The van der Waals surface area contributed by atoms with Gasteiger partial charge in [-0.2, -0.15) is 0 Å². The predicted octanol–water partition coefficient (Wildman–Crippen LogP) is 2.59. The lowest BCUT2D eigenvalue weighted by Crippen LogP contribution is -2.09. The number of fused-ring (bicyclic) bond motifs is 3. The molecule has 0 spiro atoms. The van der Waals surface area contributed by atoms with Crippen molar-refractivity contribution in [1.82, 2.24) is 9.97 Å². The summed E-state index contributed by atoms with van der Waals surface area (Å²) in [5.74, 6) is 0. The molecule has 1 aliphatic carbocycles. The van der Waals surface area contributed by atoms with Gasteiger partial charge >= 0.3 is 0 Å². The number of aromatic nitrogens is 2. The van der Waals surface area contributed by atoms with Crippen LogP contribution in [0, 0.1) is 0 Å². The number of thioether (sulfide) groups is 1. The third-order valence-corrected chi connectivity index (χ3v) is 4.83. The van der Waals surface area contributed by atoms with Crippen molar-refractivity contribution in [1.29, 1.82) is 0 Å². The fourth-order valence-electron chi connectivity index (χ4n) is 2.20. The van der Waals surface area contributed by atoms with E-state index in [1.54, 1.807) is 11.3 Å². The van der Waals surface area contributed by atoms with Gasteiger partial charge in [-0.25, -0.2) is 4.98 Å². The van der Waals surface area contributed by atoms with Crippen molar-refractivity contribution in [2.75, 3.05) is 6.26 Å². The second-order valence-electron chi connectivity index (χ2n) is 3.96. The molecule has 3 rings (SSSR count). The van der Waals surface area contributed by atoms with E-state index in [0.29, 0.717) is 5.03 Å². The third-order valence-electron chi connectivity index (χ3n) is 2.97. The Kier molecular flexibility index (Phi) is 2.52. The number of aromatic amines is 1. The largest absolute Gasteiger partial charge is 0.310 e. The number of thiophene rings is 1. The summed E-state index contributed by atoms with van der Waals surface area (Å²) in [5, 5.41) is 0.582. The van der Waals surface area contributed by atoms with Gasteiger partial charge in [-0.05, 0) is 37.5 Å². The predicted molar refractivity (Wildman–Crippen MR) is 68.7 cm³/mol. The standard InChI is InChI=1S/C11H12N2OS2/c1-15-11-9(14)13-10-8(12-11)6-4-2-3-5-7(6)16-10/h2-5H2,1H3,(H,13,14). The van der Waals surface area contributed by atoms with Gasteiger partial charge in [-0.1, -0.05) is 0 Å². The van der Waals surface area contributed by atoms with E-state index in [9.17, 15) is 4.79 Å². The zero-order chi connectivity index (χ0) is 11.1. The van der Waals surface area contributed by atoms with Crippen LogP contribution in [-0.4, -0.2) is 16.2 Å². The molecule has 2 heterocycles. The summed E-state index contributed by atoms with van der Waals surface area (Å²) in [6, 6.07) is 0.